The third-order valence-electron chi connectivity index (χ3n) is 3.80. The number of rotatable bonds is 2. The highest BCUT2D eigenvalue weighted by Crippen LogP contribution is 2.34. The van der Waals surface area contributed by atoms with E-state index in [2.05, 4.69) is 22.3 Å². The van der Waals surface area contributed by atoms with Crippen molar-refractivity contribution >= 4 is 5.82 Å². The summed E-state index contributed by atoms with van der Waals surface area (Å²) >= 11 is 0. The number of nitrogens with zero attached hydrogens (tertiary/aromatic N) is 1. The number of nitrogen functional groups attached to an aromatic ring is 1. The van der Waals surface area contributed by atoms with Crippen LogP contribution in [0.15, 0.2) is 18.2 Å². The van der Waals surface area contributed by atoms with Crippen molar-refractivity contribution in [3.8, 4) is 17.0 Å². The minimum atomic E-state index is 0.506. The van der Waals surface area contributed by atoms with Crippen molar-refractivity contribution in [2.45, 2.75) is 32.1 Å². The molecule has 19 heavy (non-hydrogen) atoms. The second-order valence-corrected chi connectivity index (χ2v) is 5.09. The van der Waals surface area contributed by atoms with Gasteiger partial charge in [0.25, 0.3) is 0 Å². The van der Waals surface area contributed by atoms with E-state index in [1.807, 2.05) is 6.07 Å². The van der Waals surface area contributed by atoms with E-state index in [-0.39, 0.29) is 0 Å². The fourth-order valence-electron chi connectivity index (χ4n) is 2.79. The van der Waals surface area contributed by atoms with Gasteiger partial charge < -0.3 is 10.5 Å². The topological polar surface area (TPSA) is 63.9 Å². The van der Waals surface area contributed by atoms with E-state index in [4.69, 9.17) is 10.5 Å². The molecule has 0 bridgehead atoms. The molecule has 0 amide bonds. The molecule has 3 N–H and O–H groups in total. The first-order valence-corrected chi connectivity index (χ1v) is 6.79. The molecule has 0 fully saturated rings. The largest absolute Gasteiger partial charge is 0.496 e. The van der Waals surface area contributed by atoms with Gasteiger partial charge in [0.05, 0.1) is 12.8 Å². The second-order valence-electron chi connectivity index (χ2n) is 5.09. The van der Waals surface area contributed by atoms with Crippen LogP contribution in [0.2, 0.25) is 0 Å². The zero-order valence-corrected chi connectivity index (χ0v) is 11.2. The fourth-order valence-corrected chi connectivity index (χ4v) is 2.79. The first kappa shape index (κ1) is 12.1. The maximum Gasteiger partial charge on any atom is 0.145 e. The number of aryl methyl sites for hydroxylation is 2. The number of methoxy groups -OCH3 is 1. The monoisotopic (exact) mass is 257 g/mol. The highest BCUT2D eigenvalue weighted by atomic mass is 16.5. The molecule has 100 valence electrons. The van der Waals surface area contributed by atoms with Gasteiger partial charge in [-0.3, -0.25) is 5.10 Å². The SMILES string of the molecule is COc1cc2c(cc1-c1cc(N)n[nH]1)CCCCC2. The van der Waals surface area contributed by atoms with Crippen LogP contribution >= 0.6 is 0 Å². The molecule has 0 atom stereocenters. The summed E-state index contributed by atoms with van der Waals surface area (Å²) in [5, 5.41) is 6.96. The lowest BCUT2D eigenvalue weighted by Gasteiger charge is -2.13. The van der Waals surface area contributed by atoms with Crippen molar-refractivity contribution in [3.05, 3.63) is 29.3 Å². The van der Waals surface area contributed by atoms with Crippen LogP contribution in [-0.4, -0.2) is 17.3 Å². The average molecular weight is 257 g/mol. The Labute approximate surface area is 113 Å². The number of aromatic amines is 1. The number of nitrogens with one attached hydrogen (secondary N) is 1. The zero-order chi connectivity index (χ0) is 13.2. The zero-order valence-electron chi connectivity index (χ0n) is 11.2. The van der Waals surface area contributed by atoms with E-state index in [9.17, 15) is 0 Å². The average Bonchev–Trinajstić information content (AvgIpc) is 2.72. The van der Waals surface area contributed by atoms with Crippen LogP contribution in [0.1, 0.15) is 30.4 Å². The van der Waals surface area contributed by atoms with E-state index in [1.54, 1.807) is 7.11 Å². The maximum atomic E-state index is 5.69. The number of anilines is 1. The normalized spacial score (nSPS) is 14.8. The molecule has 1 aromatic heterocycles. The third kappa shape index (κ3) is 2.30. The maximum absolute atomic E-state index is 5.69. The predicted molar refractivity (Wildman–Crippen MR) is 76.2 cm³/mol. The van der Waals surface area contributed by atoms with Crippen molar-refractivity contribution in [1.82, 2.24) is 10.2 Å². The van der Waals surface area contributed by atoms with Crippen LogP contribution in [-0.2, 0) is 12.8 Å². The Balaban J connectivity index is 2.10. The Morgan fingerprint density at radius 2 is 1.84 bits per heavy atom. The van der Waals surface area contributed by atoms with E-state index in [1.165, 1.54) is 30.4 Å². The minimum absolute atomic E-state index is 0.506. The molecule has 0 saturated carbocycles. The van der Waals surface area contributed by atoms with Gasteiger partial charge in [0.2, 0.25) is 0 Å². The number of H-pyrrole nitrogens is 1. The van der Waals surface area contributed by atoms with E-state index >= 15 is 0 Å². The molecule has 0 saturated heterocycles. The van der Waals surface area contributed by atoms with Crippen molar-refractivity contribution in [2.24, 2.45) is 0 Å². The highest BCUT2D eigenvalue weighted by Gasteiger charge is 2.15. The molecule has 4 heteroatoms. The Hall–Kier alpha value is -1.97. The quantitative estimate of drug-likeness (QED) is 0.813. The van der Waals surface area contributed by atoms with Crippen LogP contribution in [0.4, 0.5) is 5.82 Å². The van der Waals surface area contributed by atoms with Crippen molar-refractivity contribution in [1.29, 1.82) is 0 Å². The molecular formula is C15H19N3O. The number of nitrogens with two attached hydrogens (primary N) is 1. The summed E-state index contributed by atoms with van der Waals surface area (Å²) in [6.45, 7) is 0. The molecule has 0 radical (unpaired) electrons. The van der Waals surface area contributed by atoms with Gasteiger partial charge in [-0.05, 0) is 48.9 Å². The number of ether oxygens (including phenoxy) is 1. The summed E-state index contributed by atoms with van der Waals surface area (Å²) in [4.78, 5) is 0. The summed E-state index contributed by atoms with van der Waals surface area (Å²) in [7, 11) is 1.71. The molecule has 0 aliphatic heterocycles. The lowest BCUT2D eigenvalue weighted by atomic mass is 9.97. The van der Waals surface area contributed by atoms with Gasteiger partial charge in [0, 0.05) is 11.6 Å². The second kappa shape index (κ2) is 4.96. The fraction of sp³-hybridized carbons (Fsp3) is 0.400. The minimum Gasteiger partial charge on any atom is -0.496 e. The summed E-state index contributed by atoms with van der Waals surface area (Å²) < 4.78 is 5.53. The molecule has 0 spiro atoms. The summed E-state index contributed by atoms with van der Waals surface area (Å²) in [6, 6.07) is 6.25. The van der Waals surface area contributed by atoms with Gasteiger partial charge in [-0.2, -0.15) is 5.10 Å². The number of benzene rings is 1. The summed E-state index contributed by atoms with van der Waals surface area (Å²) in [6.07, 6.45) is 6.15. The molecule has 1 aliphatic carbocycles. The summed E-state index contributed by atoms with van der Waals surface area (Å²) in [5.74, 6) is 1.40. The molecule has 2 aromatic rings. The number of fused-ring (bicyclic) bond motifs is 1. The first-order valence-electron chi connectivity index (χ1n) is 6.79. The van der Waals surface area contributed by atoms with Gasteiger partial charge in [0.1, 0.15) is 11.6 Å². The Bertz CT molecular complexity index is 589. The third-order valence-corrected chi connectivity index (χ3v) is 3.80. The predicted octanol–water partition coefficient (Wildman–Crippen LogP) is 2.94. The Kier molecular flexibility index (Phi) is 3.15. The molecule has 3 rings (SSSR count). The number of aromatic nitrogens is 2. The van der Waals surface area contributed by atoms with Crippen LogP contribution in [0.5, 0.6) is 5.75 Å². The van der Waals surface area contributed by atoms with E-state index < -0.39 is 0 Å². The first-order chi connectivity index (χ1) is 9.28. The smallest absolute Gasteiger partial charge is 0.145 e. The Morgan fingerprint density at radius 1 is 1.11 bits per heavy atom. The molecule has 0 unspecified atom stereocenters. The van der Waals surface area contributed by atoms with Gasteiger partial charge in [-0.1, -0.05) is 6.42 Å². The molecular weight excluding hydrogens is 238 g/mol. The number of hydrogen-bond acceptors (Lipinski definition) is 3. The van der Waals surface area contributed by atoms with Crippen LogP contribution in [0.3, 0.4) is 0 Å². The lowest BCUT2D eigenvalue weighted by Crippen LogP contribution is -1.96. The Morgan fingerprint density at radius 3 is 2.47 bits per heavy atom. The van der Waals surface area contributed by atoms with E-state index in [0.29, 0.717) is 5.82 Å². The van der Waals surface area contributed by atoms with Crippen molar-refractivity contribution < 1.29 is 4.74 Å². The standard InChI is InChI=1S/C15H19N3O/c1-19-14-8-11-6-4-2-3-5-10(11)7-12(14)13-9-15(16)18-17-13/h7-9H,2-6H2,1H3,(H3,16,17,18). The van der Waals surface area contributed by atoms with E-state index in [0.717, 1.165) is 29.8 Å². The van der Waals surface area contributed by atoms with Crippen molar-refractivity contribution in [2.75, 3.05) is 12.8 Å². The number of hydrogen-bond donors (Lipinski definition) is 2. The molecule has 1 heterocycles. The van der Waals surface area contributed by atoms with Gasteiger partial charge in [-0.25, -0.2) is 0 Å². The van der Waals surface area contributed by atoms with Crippen LogP contribution in [0.25, 0.3) is 11.3 Å². The van der Waals surface area contributed by atoms with Crippen LogP contribution in [0, 0.1) is 0 Å². The highest BCUT2D eigenvalue weighted by molar-refractivity contribution is 5.71. The lowest BCUT2D eigenvalue weighted by molar-refractivity contribution is 0.415. The summed E-state index contributed by atoms with van der Waals surface area (Å²) in [5.41, 5.74) is 10.5. The van der Waals surface area contributed by atoms with Gasteiger partial charge in [0.15, 0.2) is 0 Å². The molecule has 1 aromatic carbocycles. The van der Waals surface area contributed by atoms with Gasteiger partial charge >= 0.3 is 0 Å². The van der Waals surface area contributed by atoms with Crippen molar-refractivity contribution in [3.63, 3.8) is 0 Å². The molecule has 4 nitrogen and oxygen atoms in total. The molecule has 1 aliphatic rings. The van der Waals surface area contributed by atoms with Crippen LogP contribution < -0.4 is 10.5 Å². The van der Waals surface area contributed by atoms with Gasteiger partial charge in [-0.15, -0.1) is 0 Å².